The molecule has 0 spiro atoms. The number of nitrogens with zero attached hydrogens (tertiary/aromatic N) is 5. The van der Waals surface area contributed by atoms with E-state index in [1.807, 2.05) is 56.4 Å². The van der Waals surface area contributed by atoms with Crippen molar-refractivity contribution in [3.63, 3.8) is 0 Å². The standard InChI is InChI=1S/C19H17N7OS/c1-12-18(28-11-20-12)19(27)25-15-6-4-14(5-7-15)24-16-10-17(23-13(2)22-16)26-9-3-8-21-26/h3-11H,1-2H3,(H,25,27)(H,22,23,24). The molecule has 0 fully saturated rings. The molecule has 0 unspecified atom stereocenters. The molecule has 4 rings (SSSR count). The Labute approximate surface area is 165 Å². The highest BCUT2D eigenvalue weighted by Crippen LogP contribution is 2.20. The summed E-state index contributed by atoms with van der Waals surface area (Å²) in [5, 5.41) is 10.3. The van der Waals surface area contributed by atoms with Crippen LogP contribution in [0, 0.1) is 13.8 Å². The van der Waals surface area contributed by atoms with Crippen LogP contribution in [0.4, 0.5) is 17.2 Å². The molecule has 0 bridgehead atoms. The average molecular weight is 391 g/mol. The summed E-state index contributed by atoms with van der Waals surface area (Å²) < 4.78 is 1.68. The van der Waals surface area contributed by atoms with Gasteiger partial charge in [-0.3, -0.25) is 4.79 Å². The van der Waals surface area contributed by atoms with Crippen LogP contribution in [0.2, 0.25) is 0 Å². The lowest BCUT2D eigenvalue weighted by molar-refractivity contribution is 0.103. The number of nitrogens with one attached hydrogen (secondary N) is 2. The molecule has 0 atom stereocenters. The third kappa shape index (κ3) is 3.89. The Kier molecular flexibility index (Phi) is 4.81. The number of hydrogen-bond acceptors (Lipinski definition) is 7. The molecule has 3 heterocycles. The van der Waals surface area contributed by atoms with Crippen molar-refractivity contribution in [1.29, 1.82) is 0 Å². The van der Waals surface area contributed by atoms with Crippen molar-refractivity contribution in [3.8, 4) is 5.82 Å². The lowest BCUT2D eigenvalue weighted by Gasteiger charge is -2.10. The molecule has 8 nitrogen and oxygen atoms in total. The SMILES string of the molecule is Cc1nc(Nc2ccc(NC(=O)c3scnc3C)cc2)cc(-n2cccn2)n1. The lowest BCUT2D eigenvalue weighted by Crippen LogP contribution is -2.11. The molecular formula is C19H17N7OS. The van der Waals surface area contributed by atoms with Gasteiger partial charge in [0, 0.05) is 29.8 Å². The minimum atomic E-state index is -0.156. The fourth-order valence-electron chi connectivity index (χ4n) is 2.63. The fourth-order valence-corrected chi connectivity index (χ4v) is 3.33. The number of aryl methyl sites for hydroxylation is 2. The first-order valence-electron chi connectivity index (χ1n) is 8.53. The van der Waals surface area contributed by atoms with Crippen molar-refractivity contribution >= 4 is 34.4 Å². The Morgan fingerprint density at radius 1 is 1.11 bits per heavy atom. The van der Waals surface area contributed by atoms with Crippen LogP contribution in [0.5, 0.6) is 0 Å². The molecule has 0 aliphatic rings. The number of anilines is 3. The molecule has 0 saturated carbocycles. The molecule has 3 aromatic heterocycles. The maximum Gasteiger partial charge on any atom is 0.267 e. The average Bonchev–Trinajstić information content (AvgIpc) is 3.34. The van der Waals surface area contributed by atoms with E-state index in [0.717, 1.165) is 11.4 Å². The van der Waals surface area contributed by atoms with Crippen LogP contribution in [0.1, 0.15) is 21.2 Å². The van der Waals surface area contributed by atoms with Crippen molar-refractivity contribution in [1.82, 2.24) is 24.7 Å². The molecule has 0 saturated heterocycles. The van der Waals surface area contributed by atoms with Gasteiger partial charge in [0.25, 0.3) is 5.91 Å². The van der Waals surface area contributed by atoms with Gasteiger partial charge < -0.3 is 10.6 Å². The molecule has 0 aliphatic heterocycles. The van der Waals surface area contributed by atoms with Gasteiger partial charge >= 0.3 is 0 Å². The normalized spacial score (nSPS) is 10.6. The highest BCUT2D eigenvalue weighted by atomic mass is 32.1. The Bertz CT molecular complexity index is 1100. The number of carbonyl (C=O) groups is 1. The molecule has 28 heavy (non-hydrogen) atoms. The van der Waals surface area contributed by atoms with Crippen LogP contribution in [0.3, 0.4) is 0 Å². The Hall–Kier alpha value is -3.59. The Morgan fingerprint density at radius 2 is 1.89 bits per heavy atom. The molecule has 1 aromatic carbocycles. The third-order valence-corrected chi connectivity index (χ3v) is 4.86. The zero-order chi connectivity index (χ0) is 19.5. The second-order valence-electron chi connectivity index (χ2n) is 6.03. The number of hydrogen-bond donors (Lipinski definition) is 2. The minimum absolute atomic E-state index is 0.156. The number of carbonyl (C=O) groups excluding carboxylic acids is 1. The van der Waals surface area contributed by atoms with Gasteiger partial charge in [-0.15, -0.1) is 11.3 Å². The topological polar surface area (TPSA) is 97.6 Å². The number of rotatable bonds is 5. The van der Waals surface area contributed by atoms with E-state index < -0.39 is 0 Å². The zero-order valence-electron chi connectivity index (χ0n) is 15.2. The van der Waals surface area contributed by atoms with Crippen molar-refractivity contribution in [3.05, 3.63) is 70.7 Å². The van der Waals surface area contributed by atoms with E-state index >= 15 is 0 Å². The smallest absolute Gasteiger partial charge is 0.267 e. The Balaban J connectivity index is 1.48. The molecule has 2 N–H and O–H groups in total. The molecule has 4 aromatic rings. The van der Waals surface area contributed by atoms with Crippen molar-refractivity contribution < 1.29 is 4.79 Å². The highest BCUT2D eigenvalue weighted by molar-refractivity contribution is 7.12. The van der Waals surface area contributed by atoms with Gasteiger partial charge in [-0.1, -0.05) is 0 Å². The summed E-state index contributed by atoms with van der Waals surface area (Å²) in [6, 6.07) is 11.1. The summed E-state index contributed by atoms with van der Waals surface area (Å²) in [4.78, 5) is 25.8. The largest absolute Gasteiger partial charge is 0.340 e. The second kappa shape index (κ2) is 7.57. The summed E-state index contributed by atoms with van der Waals surface area (Å²) in [5.74, 6) is 1.83. The molecule has 0 aliphatic carbocycles. The first kappa shape index (κ1) is 17.8. The maximum atomic E-state index is 12.3. The van der Waals surface area contributed by atoms with Crippen LogP contribution in [0.15, 0.2) is 54.3 Å². The fraction of sp³-hybridized carbons (Fsp3) is 0.105. The van der Waals surface area contributed by atoms with E-state index in [-0.39, 0.29) is 5.91 Å². The predicted molar refractivity (Wildman–Crippen MR) is 108 cm³/mol. The third-order valence-electron chi connectivity index (χ3n) is 3.93. The second-order valence-corrected chi connectivity index (χ2v) is 6.89. The Morgan fingerprint density at radius 3 is 2.57 bits per heavy atom. The van der Waals surface area contributed by atoms with Gasteiger partial charge in [-0.25, -0.2) is 19.6 Å². The van der Waals surface area contributed by atoms with Gasteiger partial charge in [0.1, 0.15) is 16.5 Å². The van der Waals surface area contributed by atoms with Gasteiger partial charge in [0.05, 0.1) is 11.2 Å². The first-order valence-corrected chi connectivity index (χ1v) is 9.41. The summed E-state index contributed by atoms with van der Waals surface area (Å²) in [6.07, 6.45) is 3.53. The summed E-state index contributed by atoms with van der Waals surface area (Å²) >= 11 is 1.33. The predicted octanol–water partition coefficient (Wildman–Crippen LogP) is 3.73. The summed E-state index contributed by atoms with van der Waals surface area (Å²) in [6.45, 7) is 3.65. The van der Waals surface area contributed by atoms with Crippen LogP contribution in [-0.2, 0) is 0 Å². The lowest BCUT2D eigenvalue weighted by atomic mass is 10.2. The van der Waals surface area contributed by atoms with Gasteiger partial charge in [0.15, 0.2) is 5.82 Å². The van der Waals surface area contributed by atoms with E-state index in [2.05, 4.69) is 30.7 Å². The summed E-state index contributed by atoms with van der Waals surface area (Å²) in [7, 11) is 0. The highest BCUT2D eigenvalue weighted by Gasteiger charge is 2.12. The quantitative estimate of drug-likeness (QED) is 0.538. The minimum Gasteiger partial charge on any atom is -0.340 e. The molecule has 0 radical (unpaired) electrons. The van der Waals surface area contributed by atoms with E-state index in [1.54, 1.807) is 16.4 Å². The van der Waals surface area contributed by atoms with E-state index in [4.69, 9.17) is 0 Å². The van der Waals surface area contributed by atoms with Gasteiger partial charge in [-0.05, 0) is 44.2 Å². The van der Waals surface area contributed by atoms with Crippen molar-refractivity contribution in [2.24, 2.45) is 0 Å². The number of thiazole rings is 1. The zero-order valence-corrected chi connectivity index (χ0v) is 16.1. The van der Waals surface area contributed by atoms with Gasteiger partial charge in [-0.2, -0.15) is 5.10 Å². The van der Waals surface area contributed by atoms with E-state index in [1.165, 1.54) is 11.3 Å². The molecule has 140 valence electrons. The monoisotopic (exact) mass is 391 g/mol. The van der Waals surface area contributed by atoms with Crippen LogP contribution in [-0.4, -0.2) is 30.6 Å². The van der Waals surface area contributed by atoms with Gasteiger partial charge in [0.2, 0.25) is 0 Å². The molecular weight excluding hydrogens is 374 g/mol. The van der Waals surface area contributed by atoms with Crippen LogP contribution < -0.4 is 10.6 Å². The first-order chi connectivity index (χ1) is 13.6. The van der Waals surface area contributed by atoms with Crippen molar-refractivity contribution in [2.75, 3.05) is 10.6 Å². The molecule has 1 amide bonds. The van der Waals surface area contributed by atoms with E-state index in [0.29, 0.717) is 28.0 Å². The maximum absolute atomic E-state index is 12.3. The van der Waals surface area contributed by atoms with Crippen molar-refractivity contribution in [2.45, 2.75) is 13.8 Å². The van der Waals surface area contributed by atoms with Crippen LogP contribution in [0.25, 0.3) is 5.82 Å². The molecule has 9 heteroatoms. The number of aromatic nitrogens is 5. The summed E-state index contributed by atoms with van der Waals surface area (Å²) in [5.41, 5.74) is 3.95. The number of benzene rings is 1. The van der Waals surface area contributed by atoms with E-state index in [9.17, 15) is 4.79 Å². The number of amides is 1. The van der Waals surface area contributed by atoms with Crippen LogP contribution >= 0.6 is 11.3 Å².